The first-order chi connectivity index (χ1) is 9.21. The van der Waals surface area contributed by atoms with Crippen molar-refractivity contribution in [2.75, 3.05) is 32.8 Å². The lowest BCUT2D eigenvalue weighted by Gasteiger charge is -2.12. The lowest BCUT2D eigenvalue weighted by Crippen LogP contribution is -2.07. The van der Waals surface area contributed by atoms with Crippen molar-refractivity contribution in [1.29, 1.82) is 0 Å². The molecule has 0 amide bonds. The molecule has 4 nitrogen and oxygen atoms in total. The van der Waals surface area contributed by atoms with Crippen molar-refractivity contribution >= 4 is 23.3 Å². The molecule has 1 heterocycles. The zero-order valence-corrected chi connectivity index (χ0v) is 12.0. The van der Waals surface area contributed by atoms with Crippen molar-refractivity contribution in [2.24, 2.45) is 0 Å². The van der Waals surface area contributed by atoms with Crippen molar-refractivity contribution in [3.8, 4) is 11.5 Å². The van der Waals surface area contributed by atoms with Gasteiger partial charge in [0.1, 0.15) is 11.5 Å². The summed E-state index contributed by atoms with van der Waals surface area (Å²) in [6, 6.07) is 5.57. The monoisotopic (exact) mass is 280 g/mol. The summed E-state index contributed by atoms with van der Waals surface area (Å²) in [6.07, 6.45) is 0. The number of carbonyl (C=O) groups excluding carboxylic acids is 1. The fourth-order valence-corrected chi connectivity index (χ4v) is 3.16. The number of thioether (sulfide) groups is 1. The molecule has 0 saturated carbocycles. The summed E-state index contributed by atoms with van der Waals surface area (Å²) < 4.78 is 15.4. The Morgan fingerprint density at radius 1 is 1.16 bits per heavy atom. The van der Waals surface area contributed by atoms with E-state index in [1.807, 2.05) is 18.2 Å². The Hall–Kier alpha value is -1.62. The molecule has 0 bridgehead atoms. The lowest BCUT2D eigenvalue weighted by molar-refractivity contribution is -0.135. The molecule has 0 aromatic heterocycles. The Kier molecular flexibility index (Phi) is 4.37. The Morgan fingerprint density at radius 3 is 2.58 bits per heavy atom. The van der Waals surface area contributed by atoms with E-state index in [0.717, 1.165) is 28.4 Å². The van der Waals surface area contributed by atoms with Crippen LogP contribution in [-0.2, 0) is 9.53 Å². The highest BCUT2D eigenvalue weighted by Crippen LogP contribution is 2.38. The summed E-state index contributed by atoms with van der Waals surface area (Å²) in [7, 11) is 4.63. The van der Waals surface area contributed by atoms with Gasteiger partial charge in [0.25, 0.3) is 0 Å². The first kappa shape index (κ1) is 13.8. The van der Waals surface area contributed by atoms with Gasteiger partial charge >= 0.3 is 5.97 Å². The predicted octanol–water partition coefficient (Wildman–Crippen LogP) is 2.38. The second kappa shape index (κ2) is 6.02. The van der Waals surface area contributed by atoms with Gasteiger partial charge in [-0.3, -0.25) is 0 Å². The summed E-state index contributed by atoms with van der Waals surface area (Å²) in [5.41, 5.74) is 2.57. The number of esters is 1. The van der Waals surface area contributed by atoms with Gasteiger partial charge in [-0.2, -0.15) is 11.8 Å². The van der Waals surface area contributed by atoms with Crippen LogP contribution in [0.2, 0.25) is 0 Å². The summed E-state index contributed by atoms with van der Waals surface area (Å²) in [5.74, 6) is 2.64. The van der Waals surface area contributed by atoms with E-state index < -0.39 is 0 Å². The molecule has 1 aliphatic rings. The van der Waals surface area contributed by atoms with Gasteiger partial charge in [-0.1, -0.05) is 0 Å². The summed E-state index contributed by atoms with van der Waals surface area (Å²) in [5, 5.41) is 0. The van der Waals surface area contributed by atoms with E-state index in [1.54, 1.807) is 26.0 Å². The van der Waals surface area contributed by atoms with E-state index >= 15 is 0 Å². The van der Waals surface area contributed by atoms with E-state index in [9.17, 15) is 4.79 Å². The zero-order chi connectivity index (χ0) is 13.8. The molecule has 2 rings (SSSR count). The average Bonchev–Trinajstić information content (AvgIpc) is 2.94. The van der Waals surface area contributed by atoms with Crippen LogP contribution < -0.4 is 9.47 Å². The van der Waals surface area contributed by atoms with E-state index in [1.165, 1.54) is 7.11 Å². The maximum absolute atomic E-state index is 11.8. The van der Waals surface area contributed by atoms with Crippen LogP contribution in [0.25, 0.3) is 5.57 Å². The van der Waals surface area contributed by atoms with Gasteiger partial charge in [-0.15, -0.1) is 0 Å². The first-order valence-electron chi connectivity index (χ1n) is 5.81. The van der Waals surface area contributed by atoms with Crippen molar-refractivity contribution in [3.05, 3.63) is 29.3 Å². The van der Waals surface area contributed by atoms with Gasteiger partial charge in [0, 0.05) is 17.1 Å². The molecule has 19 heavy (non-hydrogen) atoms. The molecular weight excluding hydrogens is 264 g/mol. The molecule has 1 aliphatic heterocycles. The van der Waals surface area contributed by atoms with Crippen molar-refractivity contribution in [3.63, 3.8) is 0 Å². The van der Waals surface area contributed by atoms with Crippen LogP contribution in [0.4, 0.5) is 0 Å². The molecule has 1 aromatic carbocycles. The fourth-order valence-electron chi connectivity index (χ4n) is 2.02. The molecule has 102 valence electrons. The van der Waals surface area contributed by atoms with Gasteiger partial charge in [0.2, 0.25) is 0 Å². The van der Waals surface area contributed by atoms with Crippen LogP contribution >= 0.6 is 11.8 Å². The number of rotatable bonds is 4. The number of hydrogen-bond acceptors (Lipinski definition) is 5. The minimum atomic E-state index is -0.273. The SMILES string of the molecule is COC(=O)C1=C(c2cc(OC)ccc2OC)CSC1. The average molecular weight is 280 g/mol. The maximum atomic E-state index is 11.8. The highest BCUT2D eigenvalue weighted by Gasteiger charge is 2.25. The Balaban J connectivity index is 2.52. The lowest BCUT2D eigenvalue weighted by atomic mass is 10.0. The normalized spacial score (nSPS) is 14.5. The van der Waals surface area contributed by atoms with Gasteiger partial charge in [0.05, 0.1) is 26.9 Å². The number of ether oxygens (including phenoxy) is 3. The van der Waals surface area contributed by atoms with Crippen molar-refractivity contribution < 1.29 is 19.0 Å². The molecule has 0 unspecified atom stereocenters. The first-order valence-corrected chi connectivity index (χ1v) is 6.97. The minimum absolute atomic E-state index is 0.273. The Bertz CT molecular complexity index is 522. The molecule has 0 fully saturated rings. The van der Waals surface area contributed by atoms with Crippen LogP contribution in [0.5, 0.6) is 11.5 Å². The Labute approximate surface area is 116 Å². The third kappa shape index (κ3) is 2.71. The van der Waals surface area contributed by atoms with E-state index in [0.29, 0.717) is 11.3 Å². The van der Waals surface area contributed by atoms with Gasteiger partial charge in [0.15, 0.2) is 0 Å². The Morgan fingerprint density at radius 2 is 1.95 bits per heavy atom. The largest absolute Gasteiger partial charge is 0.497 e. The molecule has 0 radical (unpaired) electrons. The summed E-state index contributed by atoms with van der Waals surface area (Å²) in [4.78, 5) is 11.8. The molecule has 0 atom stereocenters. The third-order valence-corrected chi connectivity index (χ3v) is 4.01. The number of benzene rings is 1. The molecular formula is C14H16O4S. The number of carbonyl (C=O) groups is 1. The van der Waals surface area contributed by atoms with Crippen molar-refractivity contribution in [1.82, 2.24) is 0 Å². The highest BCUT2D eigenvalue weighted by atomic mass is 32.2. The van der Waals surface area contributed by atoms with Crippen LogP contribution in [0.3, 0.4) is 0 Å². The summed E-state index contributed by atoms with van der Waals surface area (Å²) in [6.45, 7) is 0. The molecule has 0 aliphatic carbocycles. The molecule has 0 N–H and O–H groups in total. The van der Waals surface area contributed by atoms with Gasteiger partial charge < -0.3 is 14.2 Å². The molecule has 0 saturated heterocycles. The van der Waals surface area contributed by atoms with E-state index in [-0.39, 0.29) is 5.97 Å². The van der Waals surface area contributed by atoms with Crippen LogP contribution in [0, 0.1) is 0 Å². The van der Waals surface area contributed by atoms with E-state index in [2.05, 4.69) is 0 Å². The maximum Gasteiger partial charge on any atom is 0.334 e. The topological polar surface area (TPSA) is 44.8 Å². The van der Waals surface area contributed by atoms with Crippen LogP contribution in [0.15, 0.2) is 23.8 Å². The van der Waals surface area contributed by atoms with Gasteiger partial charge in [-0.25, -0.2) is 4.79 Å². The summed E-state index contributed by atoms with van der Waals surface area (Å²) >= 11 is 1.69. The number of methoxy groups -OCH3 is 3. The molecule has 1 aromatic rings. The minimum Gasteiger partial charge on any atom is -0.497 e. The van der Waals surface area contributed by atoms with Gasteiger partial charge in [-0.05, 0) is 23.8 Å². The van der Waals surface area contributed by atoms with Crippen LogP contribution in [0.1, 0.15) is 5.56 Å². The standard InChI is InChI=1S/C14H16O4S/c1-16-9-4-5-13(17-2)10(6-9)11-7-19-8-12(11)14(15)18-3/h4-6H,7-8H2,1-3H3. The molecule has 0 spiro atoms. The predicted molar refractivity (Wildman–Crippen MR) is 75.8 cm³/mol. The quantitative estimate of drug-likeness (QED) is 0.792. The third-order valence-electron chi connectivity index (χ3n) is 3.02. The highest BCUT2D eigenvalue weighted by molar-refractivity contribution is 8.00. The number of hydrogen-bond donors (Lipinski definition) is 0. The van der Waals surface area contributed by atoms with E-state index in [4.69, 9.17) is 14.2 Å². The second-order valence-electron chi connectivity index (χ2n) is 4.01. The van der Waals surface area contributed by atoms with Crippen LogP contribution in [-0.4, -0.2) is 38.8 Å². The smallest absolute Gasteiger partial charge is 0.334 e. The fraction of sp³-hybridized carbons (Fsp3) is 0.357. The molecule has 5 heteroatoms. The zero-order valence-electron chi connectivity index (χ0n) is 11.2. The second-order valence-corrected chi connectivity index (χ2v) is 4.99. The van der Waals surface area contributed by atoms with Crippen molar-refractivity contribution in [2.45, 2.75) is 0 Å².